The summed E-state index contributed by atoms with van der Waals surface area (Å²) < 4.78 is 26.3. The van der Waals surface area contributed by atoms with E-state index in [1.54, 1.807) is 24.3 Å². The average molecular weight is 442 g/mol. The molecular weight excluding hydrogens is 431 g/mol. The fourth-order valence-electron chi connectivity index (χ4n) is 2.25. The molecule has 6 nitrogen and oxygen atoms in total. The lowest BCUT2D eigenvalue weighted by Gasteiger charge is -2.14. The number of nitrogens with zero attached hydrogens (tertiary/aromatic N) is 1. The Balaban J connectivity index is 1.80. The smallest absolute Gasteiger partial charge is 0.269 e. The fraction of sp³-hybridized carbons (Fsp3) is 0.0667. The number of benzene rings is 2. The molecule has 8 heteroatoms. The van der Waals surface area contributed by atoms with E-state index < -0.39 is 28.4 Å². The first-order valence-electron chi connectivity index (χ1n) is 6.61. The summed E-state index contributed by atoms with van der Waals surface area (Å²) in [5, 5.41) is 2.58. The van der Waals surface area contributed by atoms with Crippen LogP contribution in [-0.4, -0.2) is 31.1 Å². The molecular formula is C15H11IN2O4S. The number of nitrogens with one attached hydrogen (secondary N) is 1. The standard InChI is InChI=1S/C15H11IN2O4S/c16-10-5-7-11(8-6-10)17-14(19)9-18-15(20)12-3-1-2-4-13(12)23(18,21)22/h1-8H,9H2,(H,17,19). The molecule has 0 atom stereocenters. The van der Waals surface area contributed by atoms with Gasteiger partial charge in [-0.25, -0.2) is 12.7 Å². The maximum Gasteiger partial charge on any atom is 0.269 e. The zero-order valence-electron chi connectivity index (χ0n) is 11.7. The Kier molecular flexibility index (Phi) is 4.11. The van der Waals surface area contributed by atoms with Gasteiger partial charge in [0, 0.05) is 9.26 Å². The van der Waals surface area contributed by atoms with Crippen LogP contribution in [0, 0.1) is 3.57 Å². The number of carbonyl (C=O) groups is 2. The van der Waals surface area contributed by atoms with Crippen molar-refractivity contribution in [1.29, 1.82) is 0 Å². The van der Waals surface area contributed by atoms with Crippen LogP contribution in [0.2, 0.25) is 0 Å². The summed E-state index contributed by atoms with van der Waals surface area (Å²) in [6.45, 7) is -0.554. The maximum absolute atomic E-state index is 12.4. The summed E-state index contributed by atoms with van der Waals surface area (Å²) in [7, 11) is -3.97. The highest BCUT2D eigenvalue weighted by molar-refractivity contribution is 14.1. The van der Waals surface area contributed by atoms with E-state index >= 15 is 0 Å². The van der Waals surface area contributed by atoms with Crippen LogP contribution in [-0.2, 0) is 14.8 Å². The van der Waals surface area contributed by atoms with Gasteiger partial charge in [-0.1, -0.05) is 12.1 Å². The van der Waals surface area contributed by atoms with Crippen molar-refractivity contribution in [3.63, 3.8) is 0 Å². The zero-order valence-corrected chi connectivity index (χ0v) is 14.7. The predicted octanol–water partition coefficient (Wildman–Crippen LogP) is 2.07. The van der Waals surface area contributed by atoms with Crippen molar-refractivity contribution in [2.75, 3.05) is 11.9 Å². The molecule has 0 spiro atoms. The molecule has 0 bridgehead atoms. The normalized spacial score (nSPS) is 15.3. The summed E-state index contributed by atoms with van der Waals surface area (Å²) in [4.78, 5) is 24.2. The molecule has 1 N–H and O–H groups in total. The zero-order chi connectivity index (χ0) is 16.6. The number of fused-ring (bicyclic) bond motifs is 1. The van der Waals surface area contributed by atoms with Gasteiger partial charge in [0.2, 0.25) is 5.91 Å². The minimum Gasteiger partial charge on any atom is -0.325 e. The highest BCUT2D eigenvalue weighted by Crippen LogP contribution is 2.29. The van der Waals surface area contributed by atoms with Crippen molar-refractivity contribution in [3.05, 3.63) is 57.7 Å². The van der Waals surface area contributed by atoms with E-state index in [1.807, 2.05) is 12.1 Å². The first-order chi connectivity index (χ1) is 10.9. The van der Waals surface area contributed by atoms with Gasteiger partial charge in [-0.05, 0) is 59.0 Å². The van der Waals surface area contributed by atoms with Crippen LogP contribution in [0.4, 0.5) is 5.69 Å². The van der Waals surface area contributed by atoms with Crippen LogP contribution >= 0.6 is 22.6 Å². The number of rotatable bonds is 3. The molecule has 0 aliphatic carbocycles. The van der Waals surface area contributed by atoms with Gasteiger partial charge >= 0.3 is 0 Å². The molecule has 1 heterocycles. The molecule has 1 aliphatic rings. The maximum atomic E-state index is 12.4. The van der Waals surface area contributed by atoms with Crippen molar-refractivity contribution in [2.45, 2.75) is 4.90 Å². The molecule has 0 saturated heterocycles. The molecule has 1 aliphatic heterocycles. The Morgan fingerprint density at radius 2 is 1.74 bits per heavy atom. The quantitative estimate of drug-likeness (QED) is 0.739. The van der Waals surface area contributed by atoms with Gasteiger partial charge in [0.1, 0.15) is 11.4 Å². The Labute approximate surface area is 146 Å². The predicted molar refractivity (Wildman–Crippen MR) is 92.5 cm³/mol. The number of hydrogen-bond acceptors (Lipinski definition) is 4. The summed E-state index contributed by atoms with van der Waals surface area (Å²) in [6.07, 6.45) is 0. The van der Waals surface area contributed by atoms with Gasteiger partial charge in [-0.3, -0.25) is 9.59 Å². The number of hydrogen-bond donors (Lipinski definition) is 1. The molecule has 118 valence electrons. The Morgan fingerprint density at radius 3 is 2.39 bits per heavy atom. The number of carbonyl (C=O) groups excluding carboxylic acids is 2. The number of sulfonamides is 1. The largest absolute Gasteiger partial charge is 0.325 e. The van der Waals surface area contributed by atoms with E-state index in [0.29, 0.717) is 9.99 Å². The molecule has 3 rings (SSSR count). The third kappa shape index (κ3) is 2.95. The number of anilines is 1. The molecule has 23 heavy (non-hydrogen) atoms. The summed E-state index contributed by atoms with van der Waals surface area (Å²) in [5.74, 6) is -1.26. The van der Waals surface area contributed by atoms with Crippen molar-refractivity contribution in [1.82, 2.24) is 4.31 Å². The van der Waals surface area contributed by atoms with Gasteiger partial charge in [-0.2, -0.15) is 0 Å². The molecule has 0 radical (unpaired) electrons. The number of halogens is 1. The van der Waals surface area contributed by atoms with E-state index in [1.165, 1.54) is 12.1 Å². The summed E-state index contributed by atoms with van der Waals surface area (Å²) >= 11 is 2.13. The van der Waals surface area contributed by atoms with Gasteiger partial charge in [0.15, 0.2) is 0 Å². The van der Waals surface area contributed by atoms with E-state index in [9.17, 15) is 18.0 Å². The summed E-state index contributed by atoms with van der Waals surface area (Å²) in [5.41, 5.74) is 0.631. The van der Waals surface area contributed by atoms with E-state index in [4.69, 9.17) is 0 Å². The lowest BCUT2D eigenvalue weighted by Crippen LogP contribution is -2.37. The lowest BCUT2D eigenvalue weighted by molar-refractivity contribution is -0.116. The first-order valence-corrected chi connectivity index (χ1v) is 9.13. The van der Waals surface area contributed by atoms with Crippen LogP contribution in [0.5, 0.6) is 0 Å². The highest BCUT2D eigenvalue weighted by atomic mass is 127. The molecule has 0 saturated carbocycles. The second-order valence-corrected chi connectivity index (χ2v) is 7.94. The molecule has 0 fully saturated rings. The van der Waals surface area contributed by atoms with Gasteiger partial charge in [0.05, 0.1) is 5.56 Å². The Bertz CT molecular complexity index is 894. The van der Waals surface area contributed by atoms with Crippen molar-refractivity contribution >= 4 is 50.1 Å². The van der Waals surface area contributed by atoms with Crippen LogP contribution < -0.4 is 5.32 Å². The van der Waals surface area contributed by atoms with E-state index in [2.05, 4.69) is 27.9 Å². The minimum absolute atomic E-state index is 0.0629. The number of amides is 2. The van der Waals surface area contributed by atoms with Crippen LogP contribution in [0.1, 0.15) is 10.4 Å². The van der Waals surface area contributed by atoms with Crippen LogP contribution in [0.3, 0.4) is 0 Å². The van der Waals surface area contributed by atoms with E-state index in [-0.39, 0.29) is 10.5 Å². The molecule has 2 amide bonds. The average Bonchev–Trinajstić information content (AvgIpc) is 2.71. The lowest BCUT2D eigenvalue weighted by atomic mass is 10.2. The van der Waals surface area contributed by atoms with Gasteiger partial charge < -0.3 is 5.32 Å². The Hall–Kier alpha value is -1.94. The minimum atomic E-state index is -3.97. The van der Waals surface area contributed by atoms with Crippen molar-refractivity contribution in [3.8, 4) is 0 Å². The SMILES string of the molecule is O=C(CN1C(=O)c2ccccc2S1(=O)=O)Nc1ccc(I)cc1. The summed E-state index contributed by atoms with van der Waals surface area (Å²) in [6, 6.07) is 12.9. The second-order valence-electron chi connectivity index (χ2n) is 4.87. The molecule has 2 aromatic carbocycles. The molecule has 2 aromatic rings. The fourth-order valence-corrected chi connectivity index (χ4v) is 4.14. The van der Waals surface area contributed by atoms with Crippen LogP contribution in [0.25, 0.3) is 0 Å². The van der Waals surface area contributed by atoms with Crippen molar-refractivity contribution in [2.24, 2.45) is 0 Å². The van der Waals surface area contributed by atoms with E-state index in [0.717, 1.165) is 3.57 Å². The monoisotopic (exact) mass is 442 g/mol. The van der Waals surface area contributed by atoms with Crippen molar-refractivity contribution < 1.29 is 18.0 Å². The third-order valence-corrected chi connectivity index (χ3v) is 5.83. The van der Waals surface area contributed by atoms with Gasteiger partial charge in [0.25, 0.3) is 15.9 Å². The molecule has 0 aromatic heterocycles. The third-order valence-electron chi connectivity index (χ3n) is 3.33. The van der Waals surface area contributed by atoms with Crippen LogP contribution in [0.15, 0.2) is 53.4 Å². The highest BCUT2D eigenvalue weighted by Gasteiger charge is 2.41. The second kappa shape index (κ2) is 5.93. The topological polar surface area (TPSA) is 83.6 Å². The first kappa shape index (κ1) is 15.9. The Morgan fingerprint density at radius 1 is 1.09 bits per heavy atom. The molecule has 0 unspecified atom stereocenters. The van der Waals surface area contributed by atoms with Gasteiger partial charge in [-0.15, -0.1) is 0 Å².